The third-order valence-corrected chi connectivity index (χ3v) is 3.56. The molecule has 6 heteroatoms. The fourth-order valence-electron chi connectivity index (χ4n) is 2.20. The maximum absolute atomic E-state index is 12.0. The molecule has 0 heterocycles. The lowest BCUT2D eigenvalue weighted by Crippen LogP contribution is -2.13. The second kappa shape index (κ2) is 8.10. The van der Waals surface area contributed by atoms with Gasteiger partial charge in [0.1, 0.15) is 6.61 Å². The van der Waals surface area contributed by atoms with E-state index in [4.69, 9.17) is 9.47 Å². The van der Waals surface area contributed by atoms with Crippen molar-refractivity contribution in [1.82, 2.24) is 0 Å². The van der Waals surface area contributed by atoms with Crippen molar-refractivity contribution in [2.45, 2.75) is 13.8 Å². The van der Waals surface area contributed by atoms with Gasteiger partial charge in [0.2, 0.25) is 0 Å². The molecule has 0 saturated heterocycles. The molecule has 0 aromatic heterocycles. The van der Waals surface area contributed by atoms with Gasteiger partial charge in [-0.2, -0.15) is 0 Å². The zero-order valence-corrected chi connectivity index (χ0v) is 14.3. The number of ether oxygens (including phenoxy) is 2. The van der Waals surface area contributed by atoms with Crippen molar-refractivity contribution in [1.29, 1.82) is 0 Å². The molecule has 2 aromatic rings. The summed E-state index contributed by atoms with van der Waals surface area (Å²) in [5, 5.41) is 11.2. The van der Waals surface area contributed by atoms with Crippen molar-refractivity contribution >= 4 is 17.7 Å². The van der Waals surface area contributed by atoms with Gasteiger partial charge in [0.25, 0.3) is 0 Å². The molecule has 0 N–H and O–H groups in total. The molecule has 2 rings (SSSR count). The predicted molar refractivity (Wildman–Crippen MR) is 94.5 cm³/mol. The quantitative estimate of drug-likeness (QED) is 0.345. The van der Waals surface area contributed by atoms with Crippen LogP contribution in [0.25, 0.3) is 6.08 Å². The Morgan fingerprint density at radius 2 is 1.76 bits per heavy atom. The van der Waals surface area contributed by atoms with E-state index in [1.54, 1.807) is 19.1 Å². The molecule has 0 amide bonds. The molecule has 0 radical (unpaired) electrons. The van der Waals surface area contributed by atoms with Crippen molar-refractivity contribution in [2.24, 2.45) is 0 Å². The minimum atomic E-state index is -0.546. The van der Waals surface area contributed by atoms with Gasteiger partial charge in [-0.05, 0) is 37.1 Å². The average molecular weight is 341 g/mol. The lowest BCUT2D eigenvalue weighted by molar-refractivity contribution is -0.385. The number of esters is 1. The van der Waals surface area contributed by atoms with Crippen LogP contribution in [-0.4, -0.2) is 24.6 Å². The number of methoxy groups -OCH3 is 1. The lowest BCUT2D eigenvalue weighted by atomic mass is 10.1. The summed E-state index contributed by atoms with van der Waals surface area (Å²) in [6.07, 6.45) is 1.64. The van der Waals surface area contributed by atoms with Gasteiger partial charge in [0.15, 0.2) is 5.75 Å². The van der Waals surface area contributed by atoms with E-state index >= 15 is 0 Å². The number of hydrogen-bond donors (Lipinski definition) is 0. The van der Waals surface area contributed by atoms with Crippen LogP contribution in [-0.2, 0) is 9.53 Å². The Morgan fingerprint density at radius 1 is 1.12 bits per heavy atom. The number of nitro benzene ring substituents is 1. The maximum Gasteiger partial charge on any atom is 0.337 e. The predicted octanol–water partition coefficient (Wildman–Crippen LogP) is 3.85. The number of benzene rings is 2. The highest BCUT2D eigenvalue weighted by Crippen LogP contribution is 2.28. The molecule has 0 aliphatic rings. The number of rotatable bonds is 6. The van der Waals surface area contributed by atoms with E-state index < -0.39 is 10.9 Å². The van der Waals surface area contributed by atoms with Crippen LogP contribution in [0.3, 0.4) is 0 Å². The van der Waals surface area contributed by atoms with E-state index in [2.05, 4.69) is 0 Å². The Hall–Kier alpha value is -3.15. The Balaban J connectivity index is 2.26. The first-order valence-corrected chi connectivity index (χ1v) is 7.64. The Morgan fingerprint density at radius 3 is 2.36 bits per heavy atom. The summed E-state index contributed by atoms with van der Waals surface area (Å²) in [7, 11) is 1.28. The Labute approximate surface area is 145 Å². The van der Waals surface area contributed by atoms with Crippen molar-refractivity contribution < 1.29 is 19.2 Å². The second-order valence-corrected chi connectivity index (χ2v) is 5.59. The molecular formula is C19H19NO5. The maximum atomic E-state index is 12.0. The molecule has 0 atom stereocenters. The van der Waals surface area contributed by atoms with Crippen LogP contribution < -0.4 is 4.74 Å². The summed E-state index contributed by atoms with van der Waals surface area (Å²) in [4.78, 5) is 22.6. The average Bonchev–Trinajstić information content (AvgIpc) is 2.60. The number of nitro groups is 1. The monoisotopic (exact) mass is 341 g/mol. The highest BCUT2D eigenvalue weighted by Gasteiger charge is 2.17. The topological polar surface area (TPSA) is 78.7 Å². The highest BCUT2D eigenvalue weighted by atomic mass is 16.6. The summed E-state index contributed by atoms with van der Waals surface area (Å²) in [5.41, 5.74) is 2.79. The SMILES string of the molecule is COC(=O)/C(=C/c1ccc(C)cc1)COc1ccc(C)cc1[N+](=O)[O-]. The molecular weight excluding hydrogens is 322 g/mol. The number of hydrogen-bond acceptors (Lipinski definition) is 5. The van der Waals surface area contributed by atoms with Gasteiger partial charge in [-0.3, -0.25) is 10.1 Å². The van der Waals surface area contributed by atoms with Crippen LogP contribution in [0.5, 0.6) is 5.75 Å². The smallest absolute Gasteiger partial charge is 0.337 e. The molecule has 6 nitrogen and oxygen atoms in total. The van der Waals surface area contributed by atoms with E-state index in [9.17, 15) is 14.9 Å². The first-order valence-electron chi connectivity index (χ1n) is 7.64. The van der Waals surface area contributed by atoms with Gasteiger partial charge in [-0.15, -0.1) is 0 Å². The standard InChI is InChI=1S/C19H19NO5/c1-13-4-7-15(8-5-13)11-16(19(21)24-3)12-25-18-9-6-14(2)10-17(18)20(22)23/h4-11H,12H2,1-3H3/b16-11+. The number of aryl methyl sites for hydroxylation is 2. The Bertz CT molecular complexity index is 809. The Kier molecular flexibility index (Phi) is 5.89. The highest BCUT2D eigenvalue weighted by molar-refractivity contribution is 5.94. The number of carbonyl (C=O) groups is 1. The zero-order chi connectivity index (χ0) is 18.4. The zero-order valence-electron chi connectivity index (χ0n) is 14.3. The summed E-state index contributed by atoms with van der Waals surface area (Å²) in [6, 6.07) is 12.2. The van der Waals surface area contributed by atoms with E-state index in [1.165, 1.54) is 19.2 Å². The van der Waals surface area contributed by atoms with Crippen molar-refractivity contribution in [3.05, 3.63) is 74.8 Å². The first-order chi connectivity index (χ1) is 11.9. The van der Waals surface area contributed by atoms with Gasteiger partial charge in [-0.25, -0.2) is 4.79 Å². The van der Waals surface area contributed by atoms with Crippen LogP contribution >= 0.6 is 0 Å². The molecule has 130 valence electrons. The second-order valence-electron chi connectivity index (χ2n) is 5.59. The molecule has 0 saturated carbocycles. The molecule has 25 heavy (non-hydrogen) atoms. The van der Waals surface area contributed by atoms with Crippen LogP contribution in [0, 0.1) is 24.0 Å². The molecule has 0 aliphatic heterocycles. The van der Waals surface area contributed by atoms with Crippen LogP contribution in [0.4, 0.5) is 5.69 Å². The summed E-state index contributed by atoms with van der Waals surface area (Å²) in [5.74, 6) is -0.440. The van der Waals surface area contributed by atoms with Gasteiger partial charge in [0, 0.05) is 6.07 Å². The molecule has 0 aliphatic carbocycles. The van der Waals surface area contributed by atoms with Crippen molar-refractivity contribution in [3.63, 3.8) is 0 Å². The normalized spacial score (nSPS) is 11.1. The van der Waals surface area contributed by atoms with Gasteiger partial charge in [0.05, 0.1) is 17.6 Å². The van der Waals surface area contributed by atoms with Gasteiger partial charge < -0.3 is 9.47 Å². The van der Waals surface area contributed by atoms with E-state index in [0.29, 0.717) is 0 Å². The van der Waals surface area contributed by atoms with Gasteiger partial charge in [-0.1, -0.05) is 35.9 Å². The van der Waals surface area contributed by atoms with Crippen LogP contribution in [0.15, 0.2) is 48.0 Å². The number of nitrogens with zero attached hydrogens (tertiary/aromatic N) is 1. The summed E-state index contributed by atoms with van der Waals surface area (Å²) in [6.45, 7) is 3.59. The lowest BCUT2D eigenvalue weighted by Gasteiger charge is -2.09. The van der Waals surface area contributed by atoms with Crippen LogP contribution in [0.2, 0.25) is 0 Å². The first kappa shape index (κ1) is 18.2. The third-order valence-electron chi connectivity index (χ3n) is 3.56. The van der Waals surface area contributed by atoms with E-state index in [1.807, 2.05) is 31.2 Å². The minimum Gasteiger partial charge on any atom is -0.482 e. The van der Waals surface area contributed by atoms with Crippen LogP contribution in [0.1, 0.15) is 16.7 Å². The van der Waals surface area contributed by atoms with Crippen molar-refractivity contribution in [3.8, 4) is 5.75 Å². The molecule has 0 fully saturated rings. The number of carbonyl (C=O) groups excluding carboxylic acids is 1. The fourth-order valence-corrected chi connectivity index (χ4v) is 2.20. The minimum absolute atomic E-state index is 0.106. The molecule has 0 unspecified atom stereocenters. The molecule has 2 aromatic carbocycles. The summed E-state index contributed by atoms with van der Waals surface area (Å²) < 4.78 is 10.3. The summed E-state index contributed by atoms with van der Waals surface area (Å²) >= 11 is 0. The van der Waals surface area contributed by atoms with E-state index in [-0.39, 0.29) is 23.6 Å². The largest absolute Gasteiger partial charge is 0.482 e. The van der Waals surface area contributed by atoms with Gasteiger partial charge >= 0.3 is 11.7 Å². The molecule has 0 bridgehead atoms. The third kappa shape index (κ3) is 4.91. The van der Waals surface area contributed by atoms with E-state index in [0.717, 1.165) is 16.7 Å². The van der Waals surface area contributed by atoms with Crippen molar-refractivity contribution in [2.75, 3.05) is 13.7 Å². The molecule has 0 spiro atoms. The fraction of sp³-hybridized carbons (Fsp3) is 0.211.